The van der Waals surface area contributed by atoms with Crippen LogP contribution >= 0.6 is 0 Å². The molecule has 1 atom stereocenters. The Morgan fingerprint density at radius 2 is 2.19 bits per heavy atom. The SMILES string of the molecule is N[C@H](CC(=O)O)Cc1c[nH]c2ccccc12. The number of rotatable bonds is 4. The number of aromatic amines is 1. The second kappa shape index (κ2) is 4.37. The third kappa shape index (κ3) is 2.23. The summed E-state index contributed by atoms with van der Waals surface area (Å²) in [5, 5.41) is 9.75. The smallest absolute Gasteiger partial charge is 0.304 e. The van der Waals surface area contributed by atoms with Crippen molar-refractivity contribution in [2.75, 3.05) is 0 Å². The summed E-state index contributed by atoms with van der Waals surface area (Å²) < 4.78 is 0. The third-order valence-electron chi connectivity index (χ3n) is 2.59. The van der Waals surface area contributed by atoms with Crippen molar-refractivity contribution in [1.82, 2.24) is 4.98 Å². The lowest BCUT2D eigenvalue weighted by Gasteiger charge is -2.07. The van der Waals surface area contributed by atoms with Gasteiger partial charge in [0.25, 0.3) is 0 Å². The molecule has 84 valence electrons. The van der Waals surface area contributed by atoms with Gasteiger partial charge in [0, 0.05) is 23.1 Å². The zero-order chi connectivity index (χ0) is 11.5. The predicted molar refractivity (Wildman–Crippen MR) is 62.2 cm³/mol. The first-order valence-electron chi connectivity index (χ1n) is 5.19. The maximum atomic E-state index is 10.5. The monoisotopic (exact) mass is 218 g/mol. The number of carboxylic acid groups (broad SMARTS) is 1. The maximum absolute atomic E-state index is 10.5. The van der Waals surface area contributed by atoms with Crippen LogP contribution in [-0.4, -0.2) is 22.1 Å². The Morgan fingerprint density at radius 3 is 2.94 bits per heavy atom. The molecule has 4 nitrogen and oxygen atoms in total. The number of nitrogens with two attached hydrogens (primary N) is 1. The summed E-state index contributed by atoms with van der Waals surface area (Å²) in [6, 6.07) is 7.58. The first-order chi connectivity index (χ1) is 7.66. The van der Waals surface area contributed by atoms with E-state index in [0.29, 0.717) is 6.42 Å². The summed E-state index contributed by atoms with van der Waals surface area (Å²) in [4.78, 5) is 13.7. The standard InChI is InChI=1S/C12H14N2O2/c13-9(6-12(15)16)5-8-7-14-11-4-2-1-3-10(8)11/h1-4,7,9,14H,5-6,13H2,(H,15,16)/t9-/m0/s1. The summed E-state index contributed by atoms with van der Waals surface area (Å²) in [6.07, 6.45) is 2.47. The van der Waals surface area contributed by atoms with Gasteiger partial charge in [-0.2, -0.15) is 0 Å². The van der Waals surface area contributed by atoms with Crippen LogP contribution in [0.2, 0.25) is 0 Å². The zero-order valence-corrected chi connectivity index (χ0v) is 8.81. The Kier molecular flexibility index (Phi) is 2.92. The molecule has 0 aliphatic rings. The summed E-state index contributed by atoms with van der Waals surface area (Å²) in [7, 11) is 0. The number of nitrogens with one attached hydrogen (secondary N) is 1. The summed E-state index contributed by atoms with van der Waals surface area (Å²) in [5.74, 6) is -0.854. The van der Waals surface area contributed by atoms with Crippen LogP contribution in [-0.2, 0) is 11.2 Å². The molecule has 4 heteroatoms. The van der Waals surface area contributed by atoms with E-state index in [2.05, 4.69) is 4.98 Å². The van der Waals surface area contributed by atoms with Gasteiger partial charge < -0.3 is 15.8 Å². The average molecular weight is 218 g/mol. The molecule has 1 heterocycles. The van der Waals surface area contributed by atoms with Crippen molar-refractivity contribution in [3.8, 4) is 0 Å². The van der Waals surface area contributed by atoms with E-state index in [9.17, 15) is 4.79 Å². The van der Waals surface area contributed by atoms with Gasteiger partial charge in [0.2, 0.25) is 0 Å². The first-order valence-corrected chi connectivity index (χ1v) is 5.19. The summed E-state index contributed by atoms with van der Waals surface area (Å²) in [5.41, 5.74) is 7.89. The number of aromatic nitrogens is 1. The molecule has 0 amide bonds. The Bertz CT molecular complexity index is 504. The van der Waals surface area contributed by atoms with Crippen LogP contribution in [0.3, 0.4) is 0 Å². The minimum Gasteiger partial charge on any atom is -0.481 e. The van der Waals surface area contributed by atoms with Gasteiger partial charge in [-0.15, -0.1) is 0 Å². The van der Waals surface area contributed by atoms with Gasteiger partial charge in [-0.05, 0) is 18.1 Å². The predicted octanol–water partition coefficient (Wildman–Crippen LogP) is 1.51. The molecule has 4 N–H and O–H groups in total. The quantitative estimate of drug-likeness (QED) is 0.727. The molecule has 1 aromatic carbocycles. The Balaban J connectivity index is 2.18. The van der Waals surface area contributed by atoms with Gasteiger partial charge in [-0.25, -0.2) is 0 Å². The molecule has 0 saturated heterocycles. The molecule has 0 aliphatic carbocycles. The van der Waals surface area contributed by atoms with Crippen molar-refractivity contribution < 1.29 is 9.90 Å². The van der Waals surface area contributed by atoms with Crippen molar-refractivity contribution in [2.45, 2.75) is 18.9 Å². The van der Waals surface area contributed by atoms with E-state index in [1.54, 1.807) is 0 Å². The minimum absolute atomic E-state index is 0.000489. The van der Waals surface area contributed by atoms with E-state index < -0.39 is 5.97 Å². The highest BCUT2D eigenvalue weighted by Crippen LogP contribution is 2.19. The van der Waals surface area contributed by atoms with Crippen LogP contribution in [0.1, 0.15) is 12.0 Å². The van der Waals surface area contributed by atoms with Crippen molar-refractivity contribution in [3.63, 3.8) is 0 Å². The van der Waals surface area contributed by atoms with Crippen LogP contribution in [0, 0.1) is 0 Å². The van der Waals surface area contributed by atoms with E-state index in [4.69, 9.17) is 10.8 Å². The molecule has 0 bridgehead atoms. The first kappa shape index (κ1) is 10.7. The fourth-order valence-corrected chi connectivity index (χ4v) is 1.88. The fraction of sp³-hybridized carbons (Fsp3) is 0.250. The maximum Gasteiger partial charge on any atom is 0.304 e. The van der Waals surface area contributed by atoms with Crippen LogP contribution in [0.4, 0.5) is 0 Å². The van der Waals surface area contributed by atoms with Gasteiger partial charge in [0.1, 0.15) is 0 Å². The molecule has 2 rings (SSSR count). The average Bonchev–Trinajstić information content (AvgIpc) is 2.61. The molecular weight excluding hydrogens is 204 g/mol. The van der Waals surface area contributed by atoms with E-state index in [1.165, 1.54) is 0 Å². The van der Waals surface area contributed by atoms with Crippen LogP contribution in [0.5, 0.6) is 0 Å². The van der Waals surface area contributed by atoms with E-state index in [0.717, 1.165) is 16.5 Å². The number of fused-ring (bicyclic) bond motifs is 1. The summed E-state index contributed by atoms with van der Waals surface area (Å²) in [6.45, 7) is 0. The molecule has 0 saturated carbocycles. The van der Waals surface area contributed by atoms with Crippen molar-refractivity contribution >= 4 is 16.9 Å². The van der Waals surface area contributed by atoms with Gasteiger partial charge in [0.15, 0.2) is 0 Å². The van der Waals surface area contributed by atoms with E-state index >= 15 is 0 Å². The summed E-state index contributed by atoms with van der Waals surface area (Å²) >= 11 is 0. The topological polar surface area (TPSA) is 79.1 Å². The molecule has 0 fully saturated rings. The second-order valence-corrected chi connectivity index (χ2v) is 3.92. The van der Waals surface area contributed by atoms with Gasteiger partial charge >= 0.3 is 5.97 Å². The van der Waals surface area contributed by atoms with Crippen molar-refractivity contribution in [1.29, 1.82) is 0 Å². The lowest BCUT2D eigenvalue weighted by molar-refractivity contribution is -0.137. The van der Waals surface area contributed by atoms with E-state index in [1.807, 2.05) is 30.5 Å². The van der Waals surface area contributed by atoms with Gasteiger partial charge in [-0.3, -0.25) is 4.79 Å². The van der Waals surface area contributed by atoms with Crippen LogP contribution in [0.25, 0.3) is 10.9 Å². The highest BCUT2D eigenvalue weighted by molar-refractivity contribution is 5.83. The highest BCUT2D eigenvalue weighted by Gasteiger charge is 2.11. The minimum atomic E-state index is -0.854. The number of hydrogen-bond donors (Lipinski definition) is 3. The van der Waals surface area contributed by atoms with Gasteiger partial charge in [0.05, 0.1) is 6.42 Å². The zero-order valence-electron chi connectivity index (χ0n) is 8.81. The number of H-pyrrole nitrogens is 1. The fourth-order valence-electron chi connectivity index (χ4n) is 1.88. The number of carbonyl (C=O) groups is 1. The lowest BCUT2D eigenvalue weighted by atomic mass is 10.0. The number of carboxylic acids is 1. The number of hydrogen-bond acceptors (Lipinski definition) is 2. The molecule has 16 heavy (non-hydrogen) atoms. The lowest BCUT2D eigenvalue weighted by Crippen LogP contribution is -2.25. The van der Waals surface area contributed by atoms with Crippen molar-refractivity contribution in [2.24, 2.45) is 5.73 Å². The highest BCUT2D eigenvalue weighted by atomic mass is 16.4. The molecule has 0 spiro atoms. The Labute approximate surface area is 93.1 Å². The second-order valence-electron chi connectivity index (χ2n) is 3.92. The molecule has 0 unspecified atom stereocenters. The molecular formula is C12H14N2O2. The number of para-hydroxylation sites is 1. The molecule has 0 aliphatic heterocycles. The normalized spacial score (nSPS) is 12.8. The van der Waals surface area contributed by atoms with Crippen LogP contribution < -0.4 is 5.73 Å². The molecule has 0 radical (unpaired) electrons. The Morgan fingerprint density at radius 1 is 1.44 bits per heavy atom. The van der Waals surface area contributed by atoms with E-state index in [-0.39, 0.29) is 12.5 Å². The number of aliphatic carboxylic acids is 1. The van der Waals surface area contributed by atoms with Crippen molar-refractivity contribution in [3.05, 3.63) is 36.0 Å². The number of benzene rings is 1. The third-order valence-corrected chi connectivity index (χ3v) is 2.59. The molecule has 2 aromatic rings. The largest absolute Gasteiger partial charge is 0.481 e. The Hall–Kier alpha value is -1.81. The molecule has 1 aromatic heterocycles. The van der Waals surface area contributed by atoms with Gasteiger partial charge in [-0.1, -0.05) is 18.2 Å². The van der Waals surface area contributed by atoms with Crippen LogP contribution in [0.15, 0.2) is 30.5 Å².